The van der Waals surface area contributed by atoms with E-state index in [0.29, 0.717) is 42.8 Å². The first-order valence-corrected chi connectivity index (χ1v) is 12.5. The van der Waals surface area contributed by atoms with Crippen molar-refractivity contribution in [2.45, 2.75) is 26.1 Å². The molecule has 1 saturated heterocycles. The lowest BCUT2D eigenvalue weighted by molar-refractivity contribution is -0.135. The number of benzene rings is 2. The number of piperazine rings is 1. The minimum Gasteiger partial charge on any atom is -0.483 e. The molecular formula is C22H26BrFN2O5S. The zero-order chi connectivity index (χ0) is 23.5. The summed E-state index contributed by atoms with van der Waals surface area (Å²) in [6.07, 6.45) is 0. The Morgan fingerprint density at radius 3 is 2.44 bits per heavy atom. The summed E-state index contributed by atoms with van der Waals surface area (Å²) >= 11 is 3.26. The van der Waals surface area contributed by atoms with E-state index in [2.05, 4.69) is 20.8 Å². The van der Waals surface area contributed by atoms with Gasteiger partial charge in [0.1, 0.15) is 17.3 Å². The van der Waals surface area contributed by atoms with E-state index in [0.717, 1.165) is 11.1 Å². The Morgan fingerprint density at radius 1 is 1.09 bits per heavy atom. The first-order valence-electron chi connectivity index (χ1n) is 10.1. The molecular weight excluding hydrogens is 503 g/mol. The van der Waals surface area contributed by atoms with Gasteiger partial charge in [-0.1, -0.05) is 22.0 Å². The van der Waals surface area contributed by atoms with E-state index in [1.165, 1.54) is 6.07 Å². The minimum absolute atomic E-state index is 0.195. The number of aryl methyl sites for hydroxylation is 2. The van der Waals surface area contributed by atoms with Gasteiger partial charge in [0.05, 0.1) is 0 Å². The molecule has 1 amide bonds. The van der Waals surface area contributed by atoms with Crippen molar-refractivity contribution < 1.29 is 26.9 Å². The Hall–Kier alpha value is -2.01. The zero-order valence-electron chi connectivity index (χ0n) is 18.0. The Balaban J connectivity index is 1.54. The lowest BCUT2D eigenvalue weighted by Gasteiger charge is -2.35. The molecule has 0 atom stereocenters. The SMILES string of the molecule is Cc1cc(CN2CCN(C(=O)COc3ccc(Br)cc3CS(=O)(=O)O)CC2)c(C)cc1F. The summed E-state index contributed by atoms with van der Waals surface area (Å²) < 4.78 is 51.6. The molecule has 0 bridgehead atoms. The first kappa shape index (κ1) is 24.6. The van der Waals surface area contributed by atoms with Gasteiger partial charge in [0.15, 0.2) is 6.61 Å². The number of nitrogens with zero attached hydrogens (tertiary/aromatic N) is 2. The van der Waals surface area contributed by atoms with Crippen LogP contribution in [0.4, 0.5) is 4.39 Å². The van der Waals surface area contributed by atoms with Crippen LogP contribution in [-0.2, 0) is 27.2 Å². The molecule has 7 nitrogen and oxygen atoms in total. The fraction of sp³-hybridized carbons (Fsp3) is 0.409. The third-order valence-electron chi connectivity index (χ3n) is 5.45. The number of carbonyl (C=O) groups is 1. The summed E-state index contributed by atoms with van der Waals surface area (Å²) in [4.78, 5) is 16.5. The highest BCUT2D eigenvalue weighted by molar-refractivity contribution is 9.10. The Labute approximate surface area is 196 Å². The van der Waals surface area contributed by atoms with Crippen LogP contribution in [0.1, 0.15) is 22.3 Å². The van der Waals surface area contributed by atoms with E-state index in [1.54, 1.807) is 30.0 Å². The third-order valence-corrected chi connectivity index (χ3v) is 6.62. The molecule has 0 saturated carbocycles. The van der Waals surface area contributed by atoms with Crippen molar-refractivity contribution in [1.82, 2.24) is 9.80 Å². The molecule has 32 heavy (non-hydrogen) atoms. The van der Waals surface area contributed by atoms with Crippen LogP contribution in [0.2, 0.25) is 0 Å². The van der Waals surface area contributed by atoms with Crippen molar-refractivity contribution in [2.24, 2.45) is 0 Å². The van der Waals surface area contributed by atoms with Crippen molar-refractivity contribution in [3.05, 3.63) is 62.9 Å². The molecule has 0 spiro atoms. The van der Waals surface area contributed by atoms with Gasteiger partial charge in [0.2, 0.25) is 0 Å². The summed E-state index contributed by atoms with van der Waals surface area (Å²) in [6.45, 7) is 6.58. The van der Waals surface area contributed by atoms with Crippen molar-refractivity contribution >= 4 is 32.0 Å². The lowest BCUT2D eigenvalue weighted by atomic mass is 10.0. The average molecular weight is 529 g/mol. The van der Waals surface area contributed by atoms with Crippen LogP contribution in [0.3, 0.4) is 0 Å². The second-order valence-electron chi connectivity index (χ2n) is 7.95. The molecule has 1 fully saturated rings. The Morgan fingerprint density at radius 2 is 1.78 bits per heavy atom. The number of halogens is 2. The van der Waals surface area contributed by atoms with Crippen molar-refractivity contribution in [3.63, 3.8) is 0 Å². The molecule has 0 aliphatic carbocycles. The molecule has 1 heterocycles. The van der Waals surface area contributed by atoms with E-state index < -0.39 is 15.9 Å². The van der Waals surface area contributed by atoms with Crippen LogP contribution in [0, 0.1) is 19.7 Å². The lowest BCUT2D eigenvalue weighted by Crippen LogP contribution is -2.49. The average Bonchev–Trinajstić information content (AvgIpc) is 2.70. The number of carbonyl (C=O) groups excluding carboxylic acids is 1. The molecule has 10 heteroatoms. The highest BCUT2D eigenvalue weighted by Crippen LogP contribution is 2.25. The van der Waals surface area contributed by atoms with Gasteiger partial charge in [-0.05, 0) is 54.8 Å². The van der Waals surface area contributed by atoms with E-state index in [1.807, 2.05) is 13.0 Å². The van der Waals surface area contributed by atoms with Gasteiger partial charge in [-0.2, -0.15) is 8.42 Å². The predicted octanol–water partition coefficient (Wildman–Crippen LogP) is 3.32. The predicted molar refractivity (Wildman–Crippen MR) is 123 cm³/mol. The summed E-state index contributed by atoms with van der Waals surface area (Å²) in [7, 11) is -4.24. The smallest absolute Gasteiger partial charge is 0.269 e. The Kier molecular flexibility index (Phi) is 7.92. The molecule has 3 rings (SSSR count). The molecule has 0 radical (unpaired) electrons. The van der Waals surface area contributed by atoms with Crippen LogP contribution in [-0.4, -0.2) is 61.5 Å². The second-order valence-corrected chi connectivity index (χ2v) is 10.3. The first-order chi connectivity index (χ1) is 15.0. The zero-order valence-corrected chi connectivity index (χ0v) is 20.4. The molecule has 1 N–H and O–H groups in total. The molecule has 1 aliphatic heterocycles. The molecule has 1 aliphatic rings. The van der Waals surface area contributed by atoms with Crippen molar-refractivity contribution in [2.75, 3.05) is 32.8 Å². The number of amides is 1. The summed E-state index contributed by atoms with van der Waals surface area (Å²) in [6, 6.07) is 8.19. The minimum atomic E-state index is -4.24. The summed E-state index contributed by atoms with van der Waals surface area (Å²) in [5.41, 5.74) is 2.88. The monoisotopic (exact) mass is 528 g/mol. The number of hydrogen-bond acceptors (Lipinski definition) is 5. The van der Waals surface area contributed by atoms with Crippen molar-refractivity contribution in [3.8, 4) is 5.75 Å². The third kappa shape index (κ3) is 6.74. The fourth-order valence-electron chi connectivity index (χ4n) is 3.64. The van der Waals surface area contributed by atoms with Crippen LogP contribution >= 0.6 is 15.9 Å². The molecule has 0 unspecified atom stereocenters. The molecule has 2 aromatic carbocycles. The van der Waals surface area contributed by atoms with Gasteiger partial charge in [0, 0.05) is 42.8 Å². The summed E-state index contributed by atoms with van der Waals surface area (Å²) in [5, 5.41) is 0. The van der Waals surface area contributed by atoms with E-state index in [9.17, 15) is 17.6 Å². The van der Waals surface area contributed by atoms with Gasteiger partial charge in [-0.15, -0.1) is 0 Å². The van der Waals surface area contributed by atoms with E-state index >= 15 is 0 Å². The van der Waals surface area contributed by atoms with Gasteiger partial charge in [-0.25, -0.2) is 4.39 Å². The maximum Gasteiger partial charge on any atom is 0.269 e. The van der Waals surface area contributed by atoms with Gasteiger partial charge in [0.25, 0.3) is 16.0 Å². The highest BCUT2D eigenvalue weighted by atomic mass is 79.9. The highest BCUT2D eigenvalue weighted by Gasteiger charge is 2.23. The maximum atomic E-state index is 13.7. The normalized spacial score (nSPS) is 15.1. The second kappa shape index (κ2) is 10.3. The largest absolute Gasteiger partial charge is 0.483 e. The fourth-order valence-corrected chi connectivity index (χ4v) is 4.66. The molecule has 174 valence electrons. The van der Waals surface area contributed by atoms with Crippen LogP contribution < -0.4 is 4.74 Å². The van der Waals surface area contributed by atoms with Gasteiger partial charge >= 0.3 is 0 Å². The van der Waals surface area contributed by atoms with Crippen LogP contribution in [0.5, 0.6) is 5.75 Å². The molecule has 2 aromatic rings. The van der Waals surface area contributed by atoms with Crippen LogP contribution in [0.15, 0.2) is 34.8 Å². The van der Waals surface area contributed by atoms with Crippen LogP contribution in [0.25, 0.3) is 0 Å². The van der Waals surface area contributed by atoms with Crippen molar-refractivity contribution in [1.29, 1.82) is 0 Å². The Bertz CT molecular complexity index is 1100. The standard InChI is InChI=1S/C22H26BrFN2O5S/c1-15-10-20(24)16(2)9-17(15)12-25-5-7-26(8-6-25)22(27)13-31-21-4-3-19(23)11-18(21)14-32(28,29)30/h3-4,9-11H,5-8,12-14H2,1-2H3,(H,28,29,30). The quantitative estimate of drug-likeness (QED) is 0.554. The summed E-state index contributed by atoms with van der Waals surface area (Å²) in [5.74, 6) is -0.761. The topological polar surface area (TPSA) is 87.2 Å². The maximum absolute atomic E-state index is 13.7. The van der Waals surface area contributed by atoms with E-state index in [4.69, 9.17) is 9.29 Å². The number of hydrogen-bond donors (Lipinski definition) is 1. The number of rotatable bonds is 7. The van der Waals surface area contributed by atoms with E-state index in [-0.39, 0.29) is 29.6 Å². The van der Waals surface area contributed by atoms with Gasteiger partial charge < -0.3 is 9.64 Å². The number of ether oxygens (including phenoxy) is 1. The molecule has 0 aromatic heterocycles. The van der Waals surface area contributed by atoms with Gasteiger partial charge in [-0.3, -0.25) is 14.2 Å².